The second-order valence-corrected chi connectivity index (χ2v) is 11.3. The minimum atomic E-state index is -0.674. The van der Waals surface area contributed by atoms with E-state index in [0.29, 0.717) is 5.02 Å². The summed E-state index contributed by atoms with van der Waals surface area (Å²) in [5, 5.41) is 2.19. The number of rotatable bonds is 5. The number of amides is 3. The van der Waals surface area contributed by atoms with Gasteiger partial charge in [-0.25, -0.2) is 9.40 Å². The number of ketones is 1. The molecule has 2 bridgehead atoms. The van der Waals surface area contributed by atoms with Crippen LogP contribution in [0.4, 0.5) is 4.39 Å². The molecule has 0 spiro atoms. The van der Waals surface area contributed by atoms with Crippen molar-refractivity contribution < 1.29 is 23.6 Å². The molecule has 10 heteroatoms. The standard InChI is InChI=1S/C24H18Br2ClFN2O4/c25-20-15-9-16(21(20)26)19-18(15)23(33)30(24(19)34)29(22(32)12-1-5-13(27)6-2-12)10-17(31)11-3-7-14(28)8-4-11/h1-8,15-16,18-21H,9-10H2/t15-,16-,18-,19-,20+,21+/m1/s1. The van der Waals surface area contributed by atoms with E-state index in [1.54, 1.807) is 0 Å². The zero-order valence-electron chi connectivity index (χ0n) is 17.5. The van der Waals surface area contributed by atoms with Crippen molar-refractivity contribution in [2.24, 2.45) is 23.7 Å². The van der Waals surface area contributed by atoms with Crippen LogP contribution in [0.5, 0.6) is 0 Å². The van der Waals surface area contributed by atoms with E-state index in [4.69, 9.17) is 11.6 Å². The van der Waals surface area contributed by atoms with Crippen LogP contribution in [0.15, 0.2) is 48.5 Å². The van der Waals surface area contributed by atoms with Crippen LogP contribution in [0.2, 0.25) is 5.02 Å². The summed E-state index contributed by atoms with van der Waals surface area (Å²) in [6, 6.07) is 10.9. The van der Waals surface area contributed by atoms with E-state index in [9.17, 15) is 23.6 Å². The quantitative estimate of drug-likeness (QED) is 0.283. The van der Waals surface area contributed by atoms with Crippen LogP contribution in [0.25, 0.3) is 0 Å². The van der Waals surface area contributed by atoms with Crippen LogP contribution in [0.3, 0.4) is 0 Å². The number of fused-ring (bicyclic) bond motifs is 5. The minimum Gasteiger partial charge on any atom is -0.292 e. The van der Waals surface area contributed by atoms with Crippen molar-refractivity contribution in [2.75, 3.05) is 6.54 Å². The van der Waals surface area contributed by atoms with Crippen molar-refractivity contribution in [3.8, 4) is 0 Å². The number of carbonyl (C=O) groups is 4. The number of halogens is 4. The summed E-state index contributed by atoms with van der Waals surface area (Å²) in [7, 11) is 0. The number of carbonyl (C=O) groups excluding carboxylic acids is 4. The van der Waals surface area contributed by atoms with Crippen LogP contribution in [0, 0.1) is 29.5 Å². The molecule has 0 radical (unpaired) electrons. The first-order valence-electron chi connectivity index (χ1n) is 10.7. The highest BCUT2D eigenvalue weighted by molar-refractivity contribution is 9.12. The fourth-order valence-corrected chi connectivity index (χ4v) is 7.41. The second-order valence-electron chi connectivity index (χ2n) is 8.79. The molecule has 0 aromatic heterocycles. The molecule has 3 amide bonds. The van der Waals surface area contributed by atoms with Crippen LogP contribution >= 0.6 is 43.5 Å². The summed E-state index contributed by atoms with van der Waals surface area (Å²) >= 11 is 13.2. The maximum Gasteiger partial charge on any atom is 0.273 e. The fraction of sp³-hybridized carbons (Fsp3) is 0.333. The Balaban J connectivity index is 1.50. The molecule has 2 aliphatic carbocycles. The van der Waals surface area contributed by atoms with Gasteiger partial charge in [-0.2, -0.15) is 5.01 Å². The van der Waals surface area contributed by atoms with Gasteiger partial charge in [-0.05, 0) is 66.8 Å². The molecule has 34 heavy (non-hydrogen) atoms. The third-order valence-electron chi connectivity index (χ3n) is 6.99. The maximum atomic E-state index is 13.5. The molecule has 176 valence electrons. The Morgan fingerprint density at radius 3 is 1.94 bits per heavy atom. The maximum absolute atomic E-state index is 13.5. The average Bonchev–Trinajstić information content (AvgIpc) is 3.43. The summed E-state index contributed by atoms with van der Waals surface area (Å²) in [6.45, 7) is -0.547. The molecule has 3 fully saturated rings. The molecule has 0 unspecified atom stereocenters. The molecule has 2 aromatic carbocycles. The third kappa shape index (κ3) is 3.72. The number of hydrogen-bond acceptors (Lipinski definition) is 4. The number of nitrogens with zero attached hydrogens (tertiary/aromatic N) is 2. The lowest BCUT2D eigenvalue weighted by molar-refractivity contribution is -0.154. The second kappa shape index (κ2) is 8.84. The third-order valence-corrected chi connectivity index (χ3v) is 10.4. The lowest BCUT2D eigenvalue weighted by Crippen LogP contribution is -2.52. The Morgan fingerprint density at radius 2 is 1.41 bits per heavy atom. The normalized spacial score (nSPS) is 29.5. The highest BCUT2D eigenvalue weighted by atomic mass is 79.9. The van der Waals surface area contributed by atoms with Gasteiger partial charge in [-0.3, -0.25) is 19.2 Å². The van der Waals surface area contributed by atoms with E-state index < -0.39 is 47.7 Å². The first-order chi connectivity index (χ1) is 16.2. The molecule has 1 saturated heterocycles. The fourth-order valence-electron chi connectivity index (χ4n) is 5.41. The largest absolute Gasteiger partial charge is 0.292 e. The van der Waals surface area contributed by atoms with Gasteiger partial charge in [0.25, 0.3) is 17.7 Å². The molecule has 6 nitrogen and oxygen atoms in total. The molecule has 2 saturated carbocycles. The average molecular weight is 613 g/mol. The Morgan fingerprint density at radius 1 is 0.912 bits per heavy atom. The van der Waals surface area contributed by atoms with Crippen LogP contribution in [0.1, 0.15) is 27.1 Å². The van der Waals surface area contributed by atoms with Crippen molar-refractivity contribution in [1.29, 1.82) is 0 Å². The van der Waals surface area contributed by atoms with E-state index in [1.807, 2.05) is 0 Å². The molecule has 1 aliphatic heterocycles. The van der Waals surface area contributed by atoms with Gasteiger partial charge in [0.15, 0.2) is 5.78 Å². The minimum absolute atomic E-state index is 0.0386. The lowest BCUT2D eigenvalue weighted by atomic mass is 9.81. The van der Waals surface area contributed by atoms with Gasteiger partial charge < -0.3 is 0 Å². The monoisotopic (exact) mass is 610 g/mol. The van der Waals surface area contributed by atoms with E-state index in [1.165, 1.54) is 36.4 Å². The lowest BCUT2D eigenvalue weighted by Gasteiger charge is -2.31. The van der Waals surface area contributed by atoms with Crippen molar-refractivity contribution in [3.05, 3.63) is 70.5 Å². The molecule has 0 N–H and O–H groups in total. The predicted octanol–water partition coefficient (Wildman–Crippen LogP) is 4.50. The summed E-state index contributed by atoms with van der Waals surface area (Å²) in [6.07, 6.45) is 0.742. The molecular weight excluding hydrogens is 595 g/mol. The summed E-state index contributed by atoms with van der Waals surface area (Å²) in [5.74, 6) is -3.82. The molecular formula is C24H18Br2ClFN2O4. The SMILES string of the molecule is O=C(CN(C(=O)c1ccc(Cl)cc1)N1C(=O)[C@@H]2[C@H]3C[C@@H]([C@H](Br)[C@H]3Br)[C@H]2C1=O)c1ccc(F)cc1. The van der Waals surface area contributed by atoms with Gasteiger partial charge in [0.2, 0.25) is 0 Å². The zero-order valence-corrected chi connectivity index (χ0v) is 21.5. The van der Waals surface area contributed by atoms with Crippen molar-refractivity contribution in [2.45, 2.75) is 16.1 Å². The summed E-state index contributed by atoms with van der Waals surface area (Å²) in [5.41, 5.74) is 0.337. The molecule has 1 heterocycles. The van der Waals surface area contributed by atoms with Gasteiger partial charge in [-0.1, -0.05) is 43.5 Å². The number of hydrazine groups is 1. The van der Waals surface area contributed by atoms with Crippen LogP contribution in [-0.4, -0.2) is 49.7 Å². The van der Waals surface area contributed by atoms with Crippen molar-refractivity contribution >= 4 is 67.0 Å². The van der Waals surface area contributed by atoms with Gasteiger partial charge in [0, 0.05) is 25.8 Å². The zero-order chi connectivity index (χ0) is 24.3. The Bertz CT molecular complexity index is 1160. The van der Waals surface area contributed by atoms with E-state index in [0.717, 1.165) is 28.6 Å². The molecule has 3 aliphatic rings. The number of alkyl halides is 2. The summed E-state index contributed by atoms with van der Waals surface area (Å²) < 4.78 is 13.3. The highest BCUT2D eigenvalue weighted by Crippen LogP contribution is 2.60. The van der Waals surface area contributed by atoms with E-state index in [2.05, 4.69) is 31.9 Å². The van der Waals surface area contributed by atoms with Crippen LogP contribution in [-0.2, 0) is 9.59 Å². The van der Waals surface area contributed by atoms with E-state index in [-0.39, 0.29) is 32.6 Å². The number of imide groups is 1. The molecule has 5 rings (SSSR count). The Hall–Kier alpha value is -2.10. The van der Waals surface area contributed by atoms with Crippen LogP contribution < -0.4 is 0 Å². The smallest absolute Gasteiger partial charge is 0.273 e. The van der Waals surface area contributed by atoms with Gasteiger partial charge in [-0.15, -0.1) is 0 Å². The van der Waals surface area contributed by atoms with E-state index >= 15 is 0 Å². The molecule has 6 atom stereocenters. The molecule has 2 aromatic rings. The highest BCUT2D eigenvalue weighted by Gasteiger charge is 2.67. The van der Waals surface area contributed by atoms with Gasteiger partial charge in [0.1, 0.15) is 12.4 Å². The first kappa shape index (κ1) is 23.6. The van der Waals surface area contributed by atoms with Crippen molar-refractivity contribution in [1.82, 2.24) is 10.0 Å². The van der Waals surface area contributed by atoms with Crippen molar-refractivity contribution in [3.63, 3.8) is 0 Å². The Kier molecular flexibility index (Phi) is 6.14. The number of Topliss-reactive ketones (excluding diaryl/α,β-unsaturated/α-hetero) is 1. The number of hydrogen-bond donors (Lipinski definition) is 0. The van der Waals surface area contributed by atoms with Gasteiger partial charge in [0.05, 0.1) is 11.8 Å². The topological polar surface area (TPSA) is 74.8 Å². The van der Waals surface area contributed by atoms with Gasteiger partial charge >= 0.3 is 0 Å². The predicted molar refractivity (Wildman–Crippen MR) is 129 cm³/mol. The Labute approximate surface area is 216 Å². The number of benzene rings is 2. The first-order valence-corrected chi connectivity index (χ1v) is 12.9. The summed E-state index contributed by atoms with van der Waals surface area (Å²) in [4.78, 5) is 53.6.